The standard InChI is InChI=1S/C12H23N3S/c1-2-5-11-10-14-12(16-11)13-6-9-15-7-3-4-8-15/h11H,2-10H2,1H3,(H,13,14). The molecule has 0 bridgehead atoms. The highest BCUT2D eigenvalue weighted by Gasteiger charge is 2.18. The maximum Gasteiger partial charge on any atom is 0.156 e. The molecule has 16 heavy (non-hydrogen) atoms. The first-order chi connectivity index (χ1) is 7.88. The van der Waals surface area contributed by atoms with Crippen molar-refractivity contribution in [3.8, 4) is 0 Å². The van der Waals surface area contributed by atoms with Crippen molar-refractivity contribution in [1.29, 1.82) is 0 Å². The molecule has 1 saturated heterocycles. The number of aliphatic imine (C=N–C) groups is 1. The van der Waals surface area contributed by atoms with Gasteiger partial charge in [-0.3, -0.25) is 4.99 Å². The number of hydrogen-bond acceptors (Lipinski definition) is 4. The fraction of sp³-hybridized carbons (Fsp3) is 0.917. The number of nitrogens with one attached hydrogen (secondary N) is 1. The summed E-state index contributed by atoms with van der Waals surface area (Å²) in [6.07, 6.45) is 5.34. The monoisotopic (exact) mass is 241 g/mol. The molecule has 4 heteroatoms. The number of rotatable bonds is 5. The molecular weight excluding hydrogens is 218 g/mol. The Morgan fingerprint density at radius 2 is 2.25 bits per heavy atom. The third kappa shape index (κ3) is 3.67. The molecule has 0 aromatic carbocycles. The van der Waals surface area contributed by atoms with Crippen LogP contribution in [0.4, 0.5) is 0 Å². The molecule has 0 spiro atoms. The van der Waals surface area contributed by atoms with Crippen LogP contribution in [0.3, 0.4) is 0 Å². The summed E-state index contributed by atoms with van der Waals surface area (Å²) < 4.78 is 0. The molecule has 0 aromatic rings. The van der Waals surface area contributed by atoms with Crippen LogP contribution >= 0.6 is 11.8 Å². The van der Waals surface area contributed by atoms with Crippen LogP contribution in [0.1, 0.15) is 32.6 Å². The van der Waals surface area contributed by atoms with E-state index in [1.54, 1.807) is 0 Å². The minimum Gasteiger partial charge on any atom is -0.364 e. The van der Waals surface area contributed by atoms with Crippen LogP contribution < -0.4 is 5.32 Å². The lowest BCUT2D eigenvalue weighted by Gasteiger charge is -2.15. The van der Waals surface area contributed by atoms with Gasteiger partial charge in [-0.2, -0.15) is 0 Å². The van der Waals surface area contributed by atoms with Crippen molar-refractivity contribution in [3.05, 3.63) is 0 Å². The molecule has 1 unspecified atom stereocenters. The SMILES string of the molecule is CCCC1CN=C(NCCN2CCCC2)S1. The van der Waals surface area contributed by atoms with Crippen LogP contribution in [0.15, 0.2) is 4.99 Å². The summed E-state index contributed by atoms with van der Waals surface area (Å²) in [5.41, 5.74) is 0. The molecule has 0 amide bonds. The van der Waals surface area contributed by atoms with Crippen molar-refractivity contribution in [3.63, 3.8) is 0 Å². The van der Waals surface area contributed by atoms with Crippen LogP contribution in [0.25, 0.3) is 0 Å². The molecule has 0 saturated carbocycles. The van der Waals surface area contributed by atoms with E-state index in [0.717, 1.165) is 18.3 Å². The lowest BCUT2D eigenvalue weighted by molar-refractivity contribution is 0.344. The van der Waals surface area contributed by atoms with Gasteiger partial charge in [0.2, 0.25) is 0 Å². The summed E-state index contributed by atoms with van der Waals surface area (Å²) >= 11 is 1.94. The van der Waals surface area contributed by atoms with Gasteiger partial charge < -0.3 is 10.2 Å². The maximum absolute atomic E-state index is 4.55. The smallest absolute Gasteiger partial charge is 0.156 e. The molecule has 2 rings (SSSR count). The third-order valence-corrected chi connectivity index (χ3v) is 4.45. The molecule has 2 heterocycles. The Morgan fingerprint density at radius 1 is 1.44 bits per heavy atom. The van der Waals surface area contributed by atoms with Crippen LogP contribution in [-0.4, -0.2) is 48.0 Å². The first-order valence-electron chi connectivity index (χ1n) is 6.56. The Morgan fingerprint density at radius 3 is 3.00 bits per heavy atom. The fourth-order valence-electron chi connectivity index (χ4n) is 2.31. The van der Waals surface area contributed by atoms with E-state index in [4.69, 9.17) is 0 Å². The van der Waals surface area contributed by atoms with E-state index in [9.17, 15) is 0 Å². The van der Waals surface area contributed by atoms with Crippen molar-refractivity contribution < 1.29 is 0 Å². The summed E-state index contributed by atoms with van der Waals surface area (Å²) in [5.74, 6) is 0. The molecule has 92 valence electrons. The summed E-state index contributed by atoms with van der Waals surface area (Å²) in [6.45, 7) is 8.09. The van der Waals surface area contributed by atoms with E-state index in [1.807, 2.05) is 11.8 Å². The second-order valence-electron chi connectivity index (χ2n) is 4.65. The highest BCUT2D eigenvalue weighted by atomic mass is 32.2. The van der Waals surface area contributed by atoms with Gasteiger partial charge in [0, 0.05) is 18.3 Å². The van der Waals surface area contributed by atoms with Gasteiger partial charge in [0.05, 0.1) is 6.54 Å². The summed E-state index contributed by atoms with van der Waals surface area (Å²) in [4.78, 5) is 7.09. The van der Waals surface area contributed by atoms with Gasteiger partial charge in [0.1, 0.15) is 0 Å². The van der Waals surface area contributed by atoms with Crippen LogP contribution in [0.5, 0.6) is 0 Å². The zero-order valence-corrected chi connectivity index (χ0v) is 11.1. The lowest BCUT2D eigenvalue weighted by Crippen LogP contribution is -2.31. The zero-order chi connectivity index (χ0) is 11.2. The fourth-order valence-corrected chi connectivity index (χ4v) is 3.47. The van der Waals surface area contributed by atoms with Gasteiger partial charge in [-0.25, -0.2) is 0 Å². The van der Waals surface area contributed by atoms with Crippen LogP contribution in [-0.2, 0) is 0 Å². The van der Waals surface area contributed by atoms with Gasteiger partial charge in [0.25, 0.3) is 0 Å². The van der Waals surface area contributed by atoms with Crippen molar-refractivity contribution in [1.82, 2.24) is 10.2 Å². The van der Waals surface area contributed by atoms with Crippen molar-refractivity contribution in [2.75, 3.05) is 32.7 Å². The maximum atomic E-state index is 4.55. The van der Waals surface area contributed by atoms with E-state index in [0.29, 0.717) is 0 Å². The van der Waals surface area contributed by atoms with E-state index in [1.165, 1.54) is 50.5 Å². The average molecular weight is 241 g/mol. The van der Waals surface area contributed by atoms with Crippen LogP contribution in [0.2, 0.25) is 0 Å². The molecule has 0 radical (unpaired) electrons. The molecule has 2 aliphatic heterocycles. The number of thioether (sulfide) groups is 1. The Kier molecular flexibility index (Phi) is 4.97. The molecule has 3 nitrogen and oxygen atoms in total. The van der Waals surface area contributed by atoms with Gasteiger partial charge in [-0.15, -0.1) is 0 Å². The van der Waals surface area contributed by atoms with Crippen molar-refractivity contribution >= 4 is 16.9 Å². The van der Waals surface area contributed by atoms with Gasteiger partial charge in [-0.05, 0) is 32.4 Å². The van der Waals surface area contributed by atoms with E-state index >= 15 is 0 Å². The van der Waals surface area contributed by atoms with Crippen molar-refractivity contribution in [2.24, 2.45) is 4.99 Å². The number of hydrogen-bond donors (Lipinski definition) is 1. The second-order valence-corrected chi connectivity index (χ2v) is 5.94. The zero-order valence-electron chi connectivity index (χ0n) is 10.2. The largest absolute Gasteiger partial charge is 0.364 e. The molecule has 1 fully saturated rings. The first kappa shape index (κ1) is 12.2. The minimum absolute atomic E-state index is 0.735. The molecule has 2 aliphatic rings. The number of nitrogens with zero attached hydrogens (tertiary/aromatic N) is 2. The van der Waals surface area contributed by atoms with E-state index < -0.39 is 0 Å². The summed E-state index contributed by atoms with van der Waals surface area (Å²) in [5, 5.41) is 5.38. The van der Waals surface area contributed by atoms with Gasteiger partial charge in [-0.1, -0.05) is 25.1 Å². The highest BCUT2D eigenvalue weighted by molar-refractivity contribution is 8.14. The predicted molar refractivity (Wildman–Crippen MR) is 72.3 cm³/mol. The van der Waals surface area contributed by atoms with Gasteiger partial charge in [0.15, 0.2) is 5.17 Å². The topological polar surface area (TPSA) is 27.6 Å². The highest BCUT2D eigenvalue weighted by Crippen LogP contribution is 2.23. The number of likely N-dealkylation sites (tertiary alicyclic amines) is 1. The molecule has 0 aliphatic carbocycles. The summed E-state index contributed by atoms with van der Waals surface area (Å²) in [7, 11) is 0. The number of amidine groups is 1. The Labute approximate surface area is 103 Å². The Hall–Kier alpha value is -0.220. The normalized spacial score (nSPS) is 26.1. The summed E-state index contributed by atoms with van der Waals surface area (Å²) in [6, 6.07) is 0. The second kappa shape index (κ2) is 6.50. The van der Waals surface area contributed by atoms with E-state index in [2.05, 4.69) is 22.1 Å². The van der Waals surface area contributed by atoms with Crippen LogP contribution in [0, 0.1) is 0 Å². The minimum atomic E-state index is 0.735. The Balaban J connectivity index is 1.56. The van der Waals surface area contributed by atoms with Gasteiger partial charge >= 0.3 is 0 Å². The molecule has 1 atom stereocenters. The van der Waals surface area contributed by atoms with E-state index in [-0.39, 0.29) is 0 Å². The Bertz CT molecular complexity index is 236. The lowest BCUT2D eigenvalue weighted by atomic mass is 10.2. The first-order valence-corrected chi connectivity index (χ1v) is 7.44. The quantitative estimate of drug-likeness (QED) is 0.797. The third-order valence-electron chi connectivity index (χ3n) is 3.23. The molecular formula is C12H23N3S. The molecule has 1 N–H and O–H groups in total. The predicted octanol–water partition coefficient (Wildman–Crippen LogP) is 1.94. The average Bonchev–Trinajstić information content (AvgIpc) is 2.90. The molecule has 0 aromatic heterocycles. The van der Waals surface area contributed by atoms with Crippen molar-refractivity contribution in [2.45, 2.75) is 37.9 Å².